The molecule has 6 nitrogen and oxygen atoms in total. The summed E-state index contributed by atoms with van der Waals surface area (Å²) in [5, 5.41) is 9.15. The first-order valence-electron chi connectivity index (χ1n) is 7.10. The Morgan fingerprint density at radius 3 is 2.73 bits per heavy atom. The van der Waals surface area contributed by atoms with Gasteiger partial charge in [-0.15, -0.1) is 0 Å². The Morgan fingerprint density at radius 1 is 1.41 bits per heavy atom. The lowest BCUT2D eigenvalue weighted by molar-refractivity contribution is 0.0600. The zero-order chi connectivity index (χ0) is 16.3. The van der Waals surface area contributed by atoms with Crippen LogP contribution in [0, 0.1) is 0 Å². The first kappa shape index (κ1) is 16.6. The molecule has 0 aromatic heterocycles. The highest BCUT2D eigenvalue weighted by Crippen LogP contribution is 2.29. The van der Waals surface area contributed by atoms with Crippen LogP contribution in [0.15, 0.2) is 22.7 Å². The molecule has 0 bridgehead atoms. The number of carbonyl (C=O) groups is 2. The van der Waals surface area contributed by atoms with E-state index in [9.17, 15) is 9.59 Å². The summed E-state index contributed by atoms with van der Waals surface area (Å²) >= 11 is 3.37. The smallest absolute Gasteiger partial charge is 0.407 e. The number of benzene rings is 1. The Bertz CT molecular complexity index is 579. The molecule has 1 amide bonds. The van der Waals surface area contributed by atoms with E-state index in [1.54, 1.807) is 6.07 Å². The molecular weight excluding hydrogens is 352 g/mol. The van der Waals surface area contributed by atoms with E-state index in [2.05, 4.69) is 20.8 Å². The highest BCUT2D eigenvalue weighted by Gasteiger charge is 2.30. The maximum Gasteiger partial charge on any atom is 0.407 e. The fourth-order valence-electron chi connectivity index (χ4n) is 2.73. The van der Waals surface area contributed by atoms with Crippen LogP contribution in [0.25, 0.3) is 0 Å². The third-order valence-electron chi connectivity index (χ3n) is 3.90. The number of carbonyl (C=O) groups excluding carboxylic acids is 1. The number of anilines is 1. The van der Waals surface area contributed by atoms with Gasteiger partial charge in [-0.05, 0) is 24.6 Å². The Labute approximate surface area is 137 Å². The third-order valence-corrected chi connectivity index (χ3v) is 4.39. The van der Waals surface area contributed by atoms with Crippen molar-refractivity contribution in [1.82, 2.24) is 4.90 Å². The highest BCUT2D eigenvalue weighted by atomic mass is 79.9. The molecule has 0 aliphatic carbocycles. The normalized spacial score (nSPS) is 18.2. The van der Waals surface area contributed by atoms with E-state index >= 15 is 0 Å². The molecule has 0 radical (unpaired) electrons. The maximum atomic E-state index is 12.0. The minimum absolute atomic E-state index is 0.0365. The van der Waals surface area contributed by atoms with E-state index in [1.807, 2.05) is 19.1 Å². The predicted octanol–water partition coefficient (Wildman–Crippen LogP) is 2.81. The lowest BCUT2D eigenvalue weighted by Crippen LogP contribution is -2.54. The average molecular weight is 371 g/mol. The van der Waals surface area contributed by atoms with Crippen LogP contribution >= 0.6 is 15.9 Å². The van der Waals surface area contributed by atoms with Crippen LogP contribution < -0.4 is 4.90 Å². The SMILES string of the molecule is CC[C@@H]1CN(C(=O)O)CCN1c1ccc(Br)cc1C(=O)OC. The van der Waals surface area contributed by atoms with E-state index in [0.29, 0.717) is 25.2 Å². The summed E-state index contributed by atoms with van der Waals surface area (Å²) < 4.78 is 5.66. The minimum Gasteiger partial charge on any atom is -0.465 e. The molecule has 1 aromatic rings. The Balaban J connectivity index is 2.34. The zero-order valence-corrected chi connectivity index (χ0v) is 14.2. The molecule has 1 aliphatic heterocycles. The van der Waals surface area contributed by atoms with Crippen molar-refractivity contribution in [2.75, 3.05) is 31.6 Å². The summed E-state index contributed by atoms with van der Waals surface area (Å²) in [6, 6.07) is 5.51. The second-order valence-electron chi connectivity index (χ2n) is 5.14. The van der Waals surface area contributed by atoms with E-state index < -0.39 is 12.1 Å². The molecule has 22 heavy (non-hydrogen) atoms. The molecule has 1 fully saturated rings. The Kier molecular flexibility index (Phi) is 5.28. The maximum absolute atomic E-state index is 12.0. The van der Waals surface area contributed by atoms with Gasteiger partial charge in [0.25, 0.3) is 0 Å². The summed E-state index contributed by atoms with van der Waals surface area (Å²) in [4.78, 5) is 26.7. The number of rotatable bonds is 3. The topological polar surface area (TPSA) is 70.1 Å². The molecule has 0 saturated carbocycles. The first-order valence-corrected chi connectivity index (χ1v) is 7.89. The number of esters is 1. The zero-order valence-electron chi connectivity index (χ0n) is 12.6. The Morgan fingerprint density at radius 2 is 2.14 bits per heavy atom. The highest BCUT2D eigenvalue weighted by molar-refractivity contribution is 9.10. The van der Waals surface area contributed by atoms with E-state index in [-0.39, 0.29) is 6.04 Å². The number of hydrogen-bond donors (Lipinski definition) is 1. The lowest BCUT2D eigenvalue weighted by atomic mass is 10.1. The van der Waals surface area contributed by atoms with E-state index in [0.717, 1.165) is 16.6 Å². The van der Waals surface area contributed by atoms with Gasteiger partial charge in [-0.2, -0.15) is 0 Å². The van der Waals surface area contributed by atoms with Gasteiger partial charge < -0.3 is 19.6 Å². The van der Waals surface area contributed by atoms with Crippen molar-refractivity contribution in [3.63, 3.8) is 0 Å². The van der Waals surface area contributed by atoms with Gasteiger partial charge in [-0.3, -0.25) is 0 Å². The number of piperazine rings is 1. The van der Waals surface area contributed by atoms with Gasteiger partial charge in [0, 0.05) is 30.1 Å². The average Bonchev–Trinajstić information content (AvgIpc) is 2.53. The quantitative estimate of drug-likeness (QED) is 0.828. The fraction of sp³-hybridized carbons (Fsp3) is 0.467. The van der Waals surface area contributed by atoms with Crippen molar-refractivity contribution in [1.29, 1.82) is 0 Å². The van der Waals surface area contributed by atoms with Crippen LogP contribution in [0.2, 0.25) is 0 Å². The van der Waals surface area contributed by atoms with Gasteiger partial charge in [0.1, 0.15) is 0 Å². The molecule has 2 rings (SSSR count). The van der Waals surface area contributed by atoms with Crippen molar-refractivity contribution in [3.05, 3.63) is 28.2 Å². The van der Waals surface area contributed by atoms with Crippen LogP contribution in [-0.2, 0) is 4.74 Å². The summed E-state index contributed by atoms with van der Waals surface area (Å²) in [7, 11) is 1.35. The molecule has 7 heteroatoms. The van der Waals surface area contributed by atoms with Crippen LogP contribution in [-0.4, -0.2) is 54.9 Å². The molecule has 0 spiro atoms. The van der Waals surface area contributed by atoms with Gasteiger partial charge in [-0.1, -0.05) is 22.9 Å². The number of nitrogens with zero attached hydrogens (tertiary/aromatic N) is 2. The summed E-state index contributed by atoms with van der Waals surface area (Å²) in [6.45, 7) is 3.42. The largest absolute Gasteiger partial charge is 0.465 e. The van der Waals surface area contributed by atoms with Crippen LogP contribution in [0.3, 0.4) is 0 Å². The van der Waals surface area contributed by atoms with Crippen molar-refractivity contribution in [2.24, 2.45) is 0 Å². The summed E-state index contributed by atoms with van der Waals surface area (Å²) in [6.07, 6.45) is -0.109. The number of amides is 1. The first-order chi connectivity index (χ1) is 10.5. The summed E-state index contributed by atoms with van der Waals surface area (Å²) in [5.41, 5.74) is 1.27. The molecule has 1 N–H and O–H groups in total. The molecular formula is C15H19BrN2O4. The monoisotopic (exact) mass is 370 g/mol. The van der Waals surface area contributed by atoms with Crippen molar-refractivity contribution in [2.45, 2.75) is 19.4 Å². The van der Waals surface area contributed by atoms with Crippen LogP contribution in [0.1, 0.15) is 23.7 Å². The molecule has 1 aromatic carbocycles. The molecule has 1 atom stereocenters. The van der Waals surface area contributed by atoms with Gasteiger partial charge >= 0.3 is 12.1 Å². The molecule has 1 aliphatic rings. The lowest BCUT2D eigenvalue weighted by Gasteiger charge is -2.42. The summed E-state index contributed by atoms with van der Waals surface area (Å²) in [5.74, 6) is -0.396. The van der Waals surface area contributed by atoms with Crippen molar-refractivity contribution >= 4 is 33.7 Å². The molecule has 0 unspecified atom stereocenters. The molecule has 1 heterocycles. The second kappa shape index (κ2) is 7.00. The molecule has 120 valence electrons. The molecule has 1 saturated heterocycles. The van der Waals surface area contributed by atoms with Crippen LogP contribution in [0.4, 0.5) is 10.5 Å². The van der Waals surface area contributed by atoms with Gasteiger partial charge in [-0.25, -0.2) is 9.59 Å². The van der Waals surface area contributed by atoms with Gasteiger partial charge in [0.15, 0.2) is 0 Å². The predicted molar refractivity (Wildman–Crippen MR) is 86.5 cm³/mol. The van der Waals surface area contributed by atoms with E-state index in [4.69, 9.17) is 9.84 Å². The van der Waals surface area contributed by atoms with Crippen LogP contribution in [0.5, 0.6) is 0 Å². The number of ether oxygens (including phenoxy) is 1. The van der Waals surface area contributed by atoms with Crippen molar-refractivity contribution < 1.29 is 19.4 Å². The second-order valence-corrected chi connectivity index (χ2v) is 6.05. The van der Waals surface area contributed by atoms with Gasteiger partial charge in [0.2, 0.25) is 0 Å². The Hall–Kier alpha value is -1.76. The van der Waals surface area contributed by atoms with Crippen molar-refractivity contribution in [3.8, 4) is 0 Å². The number of carboxylic acid groups (broad SMARTS) is 1. The number of hydrogen-bond acceptors (Lipinski definition) is 4. The van der Waals surface area contributed by atoms with Gasteiger partial charge in [0.05, 0.1) is 18.4 Å². The third kappa shape index (κ3) is 3.35. The number of halogens is 1. The number of methoxy groups -OCH3 is 1. The van der Waals surface area contributed by atoms with E-state index in [1.165, 1.54) is 12.0 Å². The standard InChI is InChI=1S/C15H19BrN2O4/c1-3-11-9-17(15(20)21)6-7-18(11)13-5-4-10(16)8-12(13)14(19)22-2/h4-5,8,11H,3,6-7,9H2,1-2H3,(H,20,21)/t11-/m1/s1. The minimum atomic E-state index is -0.901. The fourth-order valence-corrected chi connectivity index (χ4v) is 3.09.